The molecule has 1 heterocycles. The Labute approximate surface area is 188 Å². The molecule has 0 saturated carbocycles. The molecule has 4 aromatic carbocycles. The quantitative estimate of drug-likeness (QED) is 0.282. The van der Waals surface area contributed by atoms with Crippen LogP contribution < -0.4 is 21.5 Å². The zero-order valence-corrected chi connectivity index (χ0v) is 19.1. The van der Waals surface area contributed by atoms with Gasteiger partial charge in [0, 0.05) is 29.8 Å². The van der Waals surface area contributed by atoms with Crippen molar-refractivity contribution < 1.29 is 21.5 Å². The molecule has 0 spiro atoms. The van der Waals surface area contributed by atoms with Crippen molar-refractivity contribution in [1.29, 1.82) is 0 Å². The minimum absolute atomic E-state index is 0. The van der Waals surface area contributed by atoms with Gasteiger partial charge in [-0.25, -0.2) is 0 Å². The van der Waals surface area contributed by atoms with E-state index in [1.165, 1.54) is 55.3 Å². The lowest BCUT2D eigenvalue weighted by atomic mass is 9.88. The molecule has 0 atom stereocenters. The van der Waals surface area contributed by atoms with E-state index in [4.69, 9.17) is 0 Å². The molecule has 0 bridgehead atoms. The van der Waals surface area contributed by atoms with Crippen molar-refractivity contribution in [1.82, 2.24) is 0 Å². The third-order valence-electron chi connectivity index (χ3n) is 5.90. The third-order valence-corrected chi connectivity index (χ3v) is 5.90. The lowest BCUT2D eigenvalue weighted by Gasteiger charge is -2.17. The van der Waals surface area contributed by atoms with Gasteiger partial charge >= 0.3 is 0 Å². The zero-order valence-electron chi connectivity index (χ0n) is 17.5. The van der Waals surface area contributed by atoms with E-state index in [1.54, 1.807) is 0 Å². The number of aryl methyl sites for hydroxylation is 3. The van der Waals surface area contributed by atoms with Gasteiger partial charge in [0.25, 0.3) is 0 Å². The number of aromatic nitrogens is 1. The van der Waals surface area contributed by atoms with Crippen molar-refractivity contribution in [3.63, 3.8) is 0 Å². The Morgan fingerprint density at radius 1 is 0.500 bits per heavy atom. The van der Waals surface area contributed by atoms with Crippen LogP contribution in [0.25, 0.3) is 38.6 Å². The first-order valence-corrected chi connectivity index (χ1v) is 10.1. The standard InChI is InChI=1S/C28H24N.BrH/c1-19-11-9-12-20(2)26(19)28-23-16-7-8-17-24(23)29(22-14-5-4-6-15-22)25-18-10-13-21(3)27(25)28;/h4-18H,1-3H3;1H/q+1;/p-1. The fourth-order valence-electron chi connectivity index (χ4n) is 4.63. The van der Waals surface area contributed by atoms with Crippen LogP contribution in [0.2, 0.25) is 0 Å². The van der Waals surface area contributed by atoms with Gasteiger partial charge in [-0.1, -0.05) is 60.7 Å². The molecule has 2 heteroatoms. The number of benzene rings is 4. The molecule has 0 aliphatic rings. The van der Waals surface area contributed by atoms with Crippen molar-refractivity contribution in [2.24, 2.45) is 0 Å². The molecule has 1 nitrogen and oxygen atoms in total. The van der Waals surface area contributed by atoms with Crippen LogP contribution >= 0.6 is 0 Å². The van der Waals surface area contributed by atoms with E-state index in [1.807, 2.05) is 0 Å². The highest BCUT2D eigenvalue weighted by molar-refractivity contribution is 6.09. The molecule has 0 N–H and O–H groups in total. The van der Waals surface area contributed by atoms with E-state index in [2.05, 4.69) is 116 Å². The average Bonchev–Trinajstić information content (AvgIpc) is 2.74. The molecule has 5 rings (SSSR count). The van der Waals surface area contributed by atoms with Gasteiger partial charge in [-0.3, -0.25) is 0 Å². The van der Waals surface area contributed by atoms with E-state index in [9.17, 15) is 0 Å². The van der Waals surface area contributed by atoms with Crippen LogP contribution in [0.1, 0.15) is 16.7 Å². The Morgan fingerprint density at radius 3 is 1.80 bits per heavy atom. The highest BCUT2D eigenvalue weighted by Gasteiger charge is 2.25. The summed E-state index contributed by atoms with van der Waals surface area (Å²) in [7, 11) is 0. The summed E-state index contributed by atoms with van der Waals surface area (Å²) in [5, 5.41) is 2.61. The van der Waals surface area contributed by atoms with Crippen LogP contribution in [0.4, 0.5) is 0 Å². The zero-order chi connectivity index (χ0) is 20.0. The van der Waals surface area contributed by atoms with Crippen molar-refractivity contribution in [2.75, 3.05) is 0 Å². The van der Waals surface area contributed by atoms with Crippen molar-refractivity contribution in [3.05, 3.63) is 108 Å². The number of hydrogen-bond acceptors (Lipinski definition) is 0. The van der Waals surface area contributed by atoms with E-state index in [-0.39, 0.29) is 17.0 Å². The van der Waals surface area contributed by atoms with Crippen LogP contribution in [-0.2, 0) is 0 Å². The van der Waals surface area contributed by atoms with Crippen LogP contribution in [-0.4, -0.2) is 0 Å². The molecule has 0 amide bonds. The summed E-state index contributed by atoms with van der Waals surface area (Å²) in [6.07, 6.45) is 0. The number of hydrogen-bond donors (Lipinski definition) is 0. The summed E-state index contributed by atoms with van der Waals surface area (Å²) in [4.78, 5) is 0. The molecular weight excluding hydrogens is 430 g/mol. The maximum Gasteiger partial charge on any atom is 0.219 e. The predicted molar refractivity (Wildman–Crippen MR) is 123 cm³/mol. The second-order valence-corrected chi connectivity index (χ2v) is 7.80. The number of pyridine rings is 1. The van der Waals surface area contributed by atoms with Gasteiger partial charge in [0.2, 0.25) is 16.7 Å². The van der Waals surface area contributed by atoms with Crippen molar-refractivity contribution in [3.8, 4) is 16.8 Å². The maximum atomic E-state index is 2.40. The highest BCUT2D eigenvalue weighted by atomic mass is 79.9. The molecule has 0 unspecified atom stereocenters. The Morgan fingerprint density at radius 2 is 1.07 bits per heavy atom. The smallest absolute Gasteiger partial charge is 0.219 e. The fourth-order valence-corrected chi connectivity index (χ4v) is 4.63. The van der Waals surface area contributed by atoms with Gasteiger partial charge in [0.1, 0.15) is 0 Å². The first-order valence-electron chi connectivity index (χ1n) is 10.1. The van der Waals surface area contributed by atoms with Gasteiger partial charge in [0.05, 0.1) is 10.8 Å². The molecule has 0 radical (unpaired) electrons. The summed E-state index contributed by atoms with van der Waals surface area (Å²) in [5.74, 6) is 0. The first-order chi connectivity index (χ1) is 14.2. The molecule has 0 aliphatic heterocycles. The summed E-state index contributed by atoms with van der Waals surface area (Å²) >= 11 is 0. The minimum atomic E-state index is 0. The number of halogens is 1. The lowest BCUT2D eigenvalue weighted by molar-refractivity contribution is -0.537. The number of nitrogens with zero attached hydrogens (tertiary/aromatic N) is 1. The number of rotatable bonds is 2. The second-order valence-electron chi connectivity index (χ2n) is 7.80. The van der Waals surface area contributed by atoms with Crippen LogP contribution in [0, 0.1) is 20.8 Å². The summed E-state index contributed by atoms with van der Waals surface area (Å²) in [6.45, 7) is 6.67. The normalized spacial score (nSPS) is 10.9. The van der Waals surface area contributed by atoms with Gasteiger partial charge in [-0.15, -0.1) is 0 Å². The highest BCUT2D eigenvalue weighted by Crippen LogP contribution is 2.39. The minimum Gasteiger partial charge on any atom is -1.00 e. The molecular formula is C28H24BrN. The Hall–Kier alpha value is -2.97. The van der Waals surface area contributed by atoms with E-state index < -0.39 is 0 Å². The monoisotopic (exact) mass is 453 g/mol. The van der Waals surface area contributed by atoms with Gasteiger partial charge in [0.15, 0.2) is 0 Å². The van der Waals surface area contributed by atoms with E-state index in [0.29, 0.717) is 0 Å². The predicted octanol–water partition coefficient (Wildman–Crippen LogP) is 3.87. The van der Waals surface area contributed by atoms with Gasteiger partial charge < -0.3 is 17.0 Å². The van der Waals surface area contributed by atoms with Crippen LogP contribution in [0.5, 0.6) is 0 Å². The van der Waals surface area contributed by atoms with Crippen molar-refractivity contribution in [2.45, 2.75) is 20.8 Å². The van der Waals surface area contributed by atoms with Crippen molar-refractivity contribution >= 4 is 21.8 Å². The fraction of sp³-hybridized carbons (Fsp3) is 0.107. The van der Waals surface area contributed by atoms with Gasteiger partial charge in [-0.05, 0) is 49.1 Å². The van der Waals surface area contributed by atoms with Crippen LogP contribution in [0.3, 0.4) is 0 Å². The Balaban J connectivity index is 0.00000218. The first kappa shape index (κ1) is 20.3. The molecule has 30 heavy (non-hydrogen) atoms. The maximum absolute atomic E-state index is 2.40. The largest absolute Gasteiger partial charge is 1.00 e. The number of fused-ring (bicyclic) bond motifs is 2. The summed E-state index contributed by atoms with van der Waals surface area (Å²) < 4.78 is 2.40. The summed E-state index contributed by atoms with van der Waals surface area (Å²) in [5.41, 5.74) is 10.3. The van der Waals surface area contributed by atoms with Crippen LogP contribution in [0.15, 0.2) is 91.0 Å². The van der Waals surface area contributed by atoms with E-state index >= 15 is 0 Å². The molecule has 148 valence electrons. The Kier molecular flexibility index (Phi) is 5.44. The second kappa shape index (κ2) is 8.04. The number of para-hydroxylation sites is 2. The average molecular weight is 454 g/mol. The SMILES string of the molecule is Cc1cccc(C)c1-c1c2ccccc2[n+](-c2ccccc2)c2cccc(C)c12.[Br-]. The molecule has 1 aromatic heterocycles. The molecule has 0 fully saturated rings. The lowest BCUT2D eigenvalue weighted by Crippen LogP contribution is -3.00. The third kappa shape index (κ3) is 3.12. The van der Waals surface area contributed by atoms with Gasteiger partial charge in [-0.2, -0.15) is 4.57 Å². The molecule has 0 saturated heterocycles. The molecule has 0 aliphatic carbocycles. The topological polar surface area (TPSA) is 3.88 Å². The Bertz CT molecular complexity index is 1350. The van der Waals surface area contributed by atoms with E-state index in [0.717, 1.165) is 0 Å². The molecule has 5 aromatic rings. The summed E-state index contributed by atoms with van der Waals surface area (Å²) in [6, 6.07) is 32.7.